The van der Waals surface area contributed by atoms with Crippen LogP contribution in [-0.4, -0.2) is 47.9 Å². The fourth-order valence-corrected chi connectivity index (χ4v) is 4.63. The van der Waals surface area contributed by atoms with Crippen LogP contribution in [0.4, 0.5) is 10.1 Å². The molecule has 37 heavy (non-hydrogen) atoms. The summed E-state index contributed by atoms with van der Waals surface area (Å²) in [5.41, 5.74) is 0.400. The van der Waals surface area contributed by atoms with Crippen molar-refractivity contribution in [3.63, 3.8) is 0 Å². The van der Waals surface area contributed by atoms with Gasteiger partial charge in [0.25, 0.3) is 5.91 Å². The molecule has 0 unspecified atom stereocenters. The maximum atomic E-state index is 13.9. The fourth-order valence-electron chi connectivity index (χ4n) is 4.51. The van der Waals surface area contributed by atoms with Crippen molar-refractivity contribution >= 4 is 29.0 Å². The Morgan fingerprint density at radius 2 is 1.73 bits per heavy atom. The number of nitrogens with one attached hydrogen (secondary N) is 1. The number of likely N-dealkylation sites (tertiary alicyclic amines) is 1. The Morgan fingerprint density at radius 3 is 2.43 bits per heavy atom. The van der Waals surface area contributed by atoms with E-state index in [1.165, 1.54) is 12.1 Å². The van der Waals surface area contributed by atoms with Crippen LogP contribution in [0.1, 0.15) is 41.6 Å². The van der Waals surface area contributed by atoms with Crippen molar-refractivity contribution in [2.75, 3.05) is 31.6 Å². The van der Waals surface area contributed by atoms with E-state index in [9.17, 15) is 19.1 Å². The van der Waals surface area contributed by atoms with Gasteiger partial charge in [-0.2, -0.15) is 0 Å². The van der Waals surface area contributed by atoms with Gasteiger partial charge >= 0.3 is 0 Å². The molecule has 2 N–H and O–H groups in total. The van der Waals surface area contributed by atoms with E-state index < -0.39 is 17.3 Å². The molecule has 4 rings (SSSR count). The third-order valence-electron chi connectivity index (χ3n) is 6.61. The predicted molar refractivity (Wildman–Crippen MR) is 142 cm³/mol. The standard InChI is InChI=1S/C29H30ClFN2O4/c30-22-10-8-21(9-11-22)29(36)14-17-33(18-15-29)16-4-7-27(34)25-13-12-23(31)19-26(25)32-28(35)20-37-24-5-2-1-3-6-24/h1-3,5-6,8-13,19,36H,4,7,14-18,20H2,(H,32,35). The van der Waals surface area contributed by atoms with Crippen molar-refractivity contribution in [1.29, 1.82) is 0 Å². The molecule has 0 saturated carbocycles. The Hall–Kier alpha value is -3.26. The molecule has 3 aromatic carbocycles. The van der Waals surface area contributed by atoms with Crippen molar-refractivity contribution in [2.24, 2.45) is 0 Å². The zero-order chi connectivity index (χ0) is 26.3. The average Bonchev–Trinajstić information content (AvgIpc) is 2.90. The fraction of sp³-hybridized carbons (Fsp3) is 0.310. The van der Waals surface area contributed by atoms with Gasteiger partial charge in [-0.15, -0.1) is 0 Å². The van der Waals surface area contributed by atoms with Gasteiger partial charge in [0.15, 0.2) is 12.4 Å². The first kappa shape index (κ1) is 26.8. The number of benzene rings is 3. The number of ether oxygens (including phenoxy) is 1. The summed E-state index contributed by atoms with van der Waals surface area (Å²) in [4.78, 5) is 27.5. The molecule has 0 aliphatic carbocycles. The van der Waals surface area contributed by atoms with Crippen molar-refractivity contribution < 1.29 is 23.8 Å². The molecule has 0 atom stereocenters. The van der Waals surface area contributed by atoms with Crippen LogP contribution in [0.15, 0.2) is 72.8 Å². The first-order valence-corrected chi connectivity index (χ1v) is 12.7. The number of piperidine rings is 1. The Bertz CT molecular complexity index is 1210. The number of Topliss-reactive ketones (excluding diaryl/α,β-unsaturated/α-hetero) is 1. The van der Waals surface area contributed by atoms with Crippen LogP contribution in [0.2, 0.25) is 5.02 Å². The van der Waals surface area contributed by atoms with Crippen molar-refractivity contribution in [1.82, 2.24) is 4.90 Å². The number of hydrogen-bond donors (Lipinski definition) is 2. The van der Waals surface area contributed by atoms with E-state index in [1.54, 1.807) is 36.4 Å². The molecular weight excluding hydrogens is 495 g/mol. The van der Waals surface area contributed by atoms with Gasteiger partial charge in [0, 0.05) is 30.1 Å². The van der Waals surface area contributed by atoms with Crippen LogP contribution in [0.25, 0.3) is 0 Å². The summed E-state index contributed by atoms with van der Waals surface area (Å²) < 4.78 is 19.3. The highest BCUT2D eigenvalue weighted by Gasteiger charge is 2.33. The van der Waals surface area contributed by atoms with Gasteiger partial charge in [0.05, 0.1) is 11.3 Å². The average molecular weight is 525 g/mol. The van der Waals surface area contributed by atoms with Crippen LogP contribution < -0.4 is 10.1 Å². The summed E-state index contributed by atoms with van der Waals surface area (Å²) in [7, 11) is 0. The second-order valence-corrected chi connectivity index (χ2v) is 9.68. The van der Waals surface area contributed by atoms with Crippen molar-refractivity contribution in [3.8, 4) is 5.75 Å². The zero-order valence-corrected chi connectivity index (χ0v) is 21.2. The molecule has 6 nitrogen and oxygen atoms in total. The van der Waals surface area contributed by atoms with Gasteiger partial charge in [-0.25, -0.2) is 4.39 Å². The summed E-state index contributed by atoms with van der Waals surface area (Å²) >= 11 is 5.96. The normalized spacial score (nSPS) is 15.2. The van der Waals surface area contributed by atoms with Gasteiger partial charge < -0.3 is 20.1 Å². The third kappa shape index (κ3) is 7.38. The molecule has 1 aliphatic heterocycles. The number of halogens is 2. The molecule has 194 valence electrons. The van der Waals surface area contributed by atoms with Gasteiger partial charge in [-0.1, -0.05) is 41.9 Å². The topological polar surface area (TPSA) is 78.9 Å². The van der Waals surface area contributed by atoms with Gasteiger partial charge in [-0.3, -0.25) is 9.59 Å². The summed E-state index contributed by atoms with van der Waals surface area (Å²) in [5, 5.41) is 14.3. The first-order chi connectivity index (χ1) is 17.8. The zero-order valence-electron chi connectivity index (χ0n) is 20.5. The van der Waals surface area contributed by atoms with Crippen LogP contribution in [0, 0.1) is 5.82 Å². The Kier molecular flexibility index (Phi) is 8.92. The van der Waals surface area contributed by atoms with Gasteiger partial charge in [0.2, 0.25) is 0 Å². The Balaban J connectivity index is 1.26. The number of carbonyl (C=O) groups is 2. The second-order valence-electron chi connectivity index (χ2n) is 9.25. The molecule has 1 fully saturated rings. The van der Waals surface area contributed by atoms with Gasteiger partial charge in [-0.05, 0) is 73.8 Å². The highest BCUT2D eigenvalue weighted by atomic mass is 35.5. The Morgan fingerprint density at radius 1 is 1.03 bits per heavy atom. The smallest absolute Gasteiger partial charge is 0.262 e. The van der Waals surface area contributed by atoms with E-state index in [2.05, 4.69) is 10.2 Å². The van der Waals surface area contributed by atoms with Crippen LogP contribution >= 0.6 is 11.6 Å². The molecule has 0 bridgehead atoms. The summed E-state index contributed by atoms with van der Waals surface area (Å²) in [6, 6.07) is 19.9. The number of hydrogen-bond acceptors (Lipinski definition) is 5. The number of ketones is 1. The highest BCUT2D eigenvalue weighted by Crippen LogP contribution is 2.33. The van der Waals surface area contributed by atoms with Crippen LogP contribution in [0.5, 0.6) is 5.75 Å². The number of carbonyl (C=O) groups excluding carboxylic acids is 2. The molecule has 0 spiro atoms. The molecule has 1 aliphatic rings. The van der Waals surface area contributed by atoms with E-state index in [4.69, 9.17) is 16.3 Å². The summed E-state index contributed by atoms with van der Waals surface area (Å²) in [6.07, 6.45) is 2.07. The lowest BCUT2D eigenvalue weighted by Crippen LogP contribution is -2.42. The molecular formula is C29H30ClFN2O4. The molecule has 0 aromatic heterocycles. The minimum absolute atomic E-state index is 0.137. The lowest BCUT2D eigenvalue weighted by molar-refractivity contribution is -0.118. The SMILES string of the molecule is O=C(COc1ccccc1)Nc1cc(F)ccc1C(=O)CCCN1CCC(O)(c2ccc(Cl)cc2)CC1. The number of rotatable bonds is 10. The summed E-state index contributed by atoms with van der Waals surface area (Å²) in [5.74, 6) is -0.659. The van der Waals surface area contributed by atoms with Crippen LogP contribution in [-0.2, 0) is 10.4 Å². The van der Waals surface area contributed by atoms with Crippen LogP contribution in [0.3, 0.4) is 0 Å². The third-order valence-corrected chi connectivity index (χ3v) is 6.86. The number of anilines is 1. The second kappa shape index (κ2) is 12.3. The van der Waals surface area contributed by atoms with Gasteiger partial charge in [0.1, 0.15) is 11.6 Å². The minimum Gasteiger partial charge on any atom is -0.484 e. The predicted octanol–water partition coefficient (Wildman–Crippen LogP) is 5.44. The first-order valence-electron chi connectivity index (χ1n) is 12.3. The number of aliphatic hydroxyl groups is 1. The highest BCUT2D eigenvalue weighted by molar-refractivity contribution is 6.30. The maximum absolute atomic E-state index is 13.9. The minimum atomic E-state index is -0.873. The lowest BCUT2D eigenvalue weighted by atomic mass is 9.84. The van der Waals surface area contributed by atoms with E-state index in [1.807, 2.05) is 18.2 Å². The largest absolute Gasteiger partial charge is 0.484 e. The quantitative estimate of drug-likeness (QED) is 0.345. The Labute approximate surface area is 221 Å². The van der Waals surface area contributed by atoms with E-state index >= 15 is 0 Å². The molecule has 1 amide bonds. The van der Waals surface area contributed by atoms with Crippen molar-refractivity contribution in [3.05, 3.63) is 94.8 Å². The molecule has 0 radical (unpaired) electrons. The van der Waals surface area contributed by atoms with E-state index in [0.29, 0.717) is 49.7 Å². The molecule has 1 saturated heterocycles. The lowest BCUT2D eigenvalue weighted by Gasteiger charge is -2.38. The molecule has 3 aromatic rings. The molecule has 1 heterocycles. The summed E-state index contributed by atoms with van der Waals surface area (Å²) in [6.45, 7) is 1.88. The number of nitrogens with zero attached hydrogens (tertiary/aromatic N) is 1. The van der Waals surface area contributed by atoms with E-state index in [-0.39, 0.29) is 30.1 Å². The monoisotopic (exact) mass is 524 g/mol. The van der Waals surface area contributed by atoms with E-state index in [0.717, 1.165) is 11.6 Å². The number of para-hydroxylation sites is 1. The number of amides is 1. The molecule has 8 heteroatoms. The van der Waals surface area contributed by atoms with Crippen molar-refractivity contribution in [2.45, 2.75) is 31.3 Å². The maximum Gasteiger partial charge on any atom is 0.262 e.